The molecule has 0 heterocycles. The van der Waals surface area contributed by atoms with Gasteiger partial charge in [0.2, 0.25) is 5.91 Å². The van der Waals surface area contributed by atoms with Crippen LogP contribution in [0.15, 0.2) is 29.4 Å². The summed E-state index contributed by atoms with van der Waals surface area (Å²) in [6.07, 6.45) is 1.54. The van der Waals surface area contributed by atoms with Crippen molar-refractivity contribution >= 4 is 23.6 Å². The standard InChI is InChI=1S/C20H28N2O6/c1-5-19(22-26)18-8-6-17(7-9-18)10-11-20(21-14(2)23,12-27-15(3)24)13-28-16(4)25/h6-9,26H,5,10-13H2,1-4H3,(H,21,23)/b22-19+. The predicted molar refractivity (Wildman–Crippen MR) is 103 cm³/mol. The van der Waals surface area contributed by atoms with Crippen LogP contribution < -0.4 is 5.32 Å². The second-order valence-electron chi connectivity index (χ2n) is 6.62. The second-order valence-corrected chi connectivity index (χ2v) is 6.62. The highest BCUT2D eigenvalue weighted by Gasteiger charge is 2.34. The molecule has 0 atom stereocenters. The summed E-state index contributed by atoms with van der Waals surface area (Å²) in [4.78, 5) is 34.3. The van der Waals surface area contributed by atoms with Gasteiger partial charge < -0.3 is 20.0 Å². The van der Waals surface area contributed by atoms with Crippen LogP contribution in [0.5, 0.6) is 0 Å². The van der Waals surface area contributed by atoms with Crippen LogP contribution in [0.25, 0.3) is 0 Å². The minimum Gasteiger partial charge on any atom is -0.463 e. The summed E-state index contributed by atoms with van der Waals surface area (Å²) in [5, 5.41) is 15.1. The first kappa shape index (κ1) is 23.1. The fourth-order valence-electron chi connectivity index (χ4n) is 2.75. The SMILES string of the molecule is CC/C(=N\O)c1ccc(CCC(COC(C)=O)(COC(C)=O)NC(C)=O)cc1. The smallest absolute Gasteiger partial charge is 0.302 e. The van der Waals surface area contributed by atoms with Crippen molar-refractivity contribution in [3.8, 4) is 0 Å². The second kappa shape index (κ2) is 11.1. The van der Waals surface area contributed by atoms with E-state index in [1.807, 2.05) is 31.2 Å². The Balaban J connectivity index is 2.98. The third-order valence-corrected chi connectivity index (χ3v) is 4.18. The number of hydrogen-bond acceptors (Lipinski definition) is 7. The summed E-state index contributed by atoms with van der Waals surface area (Å²) in [5.41, 5.74) is 1.35. The van der Waals surface area contributed by atoms with Crippen molar-refractivity contribution in [1.29, 1.82) is 0 Å². The fourth-order valence-corrected chi connectivity index (χ4v) is 2.75. The van der Waals surface area contributed by atoms with Crippen molar-refractivity contribution in [2.45, 2.75) is 52.5 Å². The Morgan fingerprint density at radius 3 is 1.96 bits per heavy atom. The molecule has 1 rings (SSSR count). The van der Waals surface area contributed by atoms with E-state index in [9.17, 15) is 14.4 Å². The average Bonchev–Trinajstić information content (AvgIpc) is 2.64. The van der Waals surface area contributed by atoms with Crippen molar-refractivity contribution in [2.75, 3.05) is 13.2 Å². The molecule has 0 saturated heterocycles. The van der Waals surface area contributed by atoms with Gasteiger partial charge in [-0.3, -0.25) is 14.4 Å². The number of rotatable bonds is 10. The number of esters is 2. The van der Waals surface area contributed by atoms with Crippen LogP contribution in [0.4, 0.5) is 0 Å². The molecule has 8 heteroatoms. The van der Waals surface area contributed by atoms with Gasteiger partial charge in [-0.25, -0.2) is 0 Å². The predicted octanol–water partition coefficient (Wildman–Crippen LogP) is 2.21. The maximum atomic E-state index is 11.7. The van der Waals surface area contributed by atoms with Gasteiger partial charge in [-0.1, -0.05) is 36.3 Å². The summed E-state index contributed by atoms with van der Waals surface area (Å²) in [6, 6.07) is 7.50. The van der Waals surface area contributed by atoms with Crippen LogP contribution in [-0.4, -0.2) is 47.5 Å². The molecule has 1 amide bonds. The molecule has 1 aromatic carbocycles. The largest absolute Gasteiger partial charge is 0.463 e. The van der Waals surface area contributed by atoms with E-state index in [-0.39, 0.29) is 19.1 Å². The number of nitrogens with one attached hydrogen (secondary N) is 1. The number of carbonyl (C=O) groups excluding carboxylic acids is 3. The molecule has 0 unspecified atom stereocenters. The first-order valence-electron chi connectivity index (χ1n) is 9.07. The Morgan fingerprint density at radius 2 is 1.57 bits per heavy atom. The fraction of sp³-hybridized carbons (Fsp3) is 0.500. The van der Waals surface area contributed by atoms with Gasteiger partial charge >= 0.3 is 11.9 Å². The van der Waals surface area contributed by atoms with Crippen LogP contribution in [-0.2, 0) is 30.3 Å². The first-order chi connectivity index (χ1) is 13.2. The third kappa shape index (κ3) is 7.77. The van der Waals surface area contributed by atoms with Gasteiger partial charge in [0.15, 0.2) is 0 Å². The van der Waals surface area contributed by atoms with E-state index in [0.29, 0.717) is 25.0 Å². The van der Waals surface area contributed by atoms with Gasteiger partial charge in [0.25, 0.3) is 0 Å². The summed E-state index contributed by atoms with van der Waals surface area (Å²) in [7, 11) is 0. The molecule has 28 heavy (non-hydrogen) atoms. The highest BCUT2D eigenvalue weighted by atomic mass is 16.5. The van der Waals surface area contributed by atoms with E-state index in [1.165, 1.54) is 20.8 Å². The molecule has 0 spiro atoms. The lowest BCUT2D eigenvalue weighted by Crippen LogP contribution is -2.55. The van der Waals surface area contributed by atoms with Crippen LogP contribution in [0.1, 0.15) is 51.7 Å². The molecule has 1 aromatic rings. The number of nitrogens with zero attached hydrogens (tertiary/aromatic N) is 1. The first-order valence-corrected chi connectivity index (χ1v) is 9.07. The zero-order chi connectivity index (χ0) is 21.2. The molecule has 0 aliphatic carbocycles. The van der Waals surface area contributed by atoms with E-state index in [2.05, 4.69) is 10.5 Å². The topological polar surface area (TPSA) is 114 Å². The number of aryl methyl sites for hydroxylation is 1. The number of hydrogen-bond donors (Lipinski definition) is 2. The van der Waals surface area contributed by atoms with E-state index >= 15 is 0 Å². The highest BCUT2D eigenvalue weighted by Crippen LogP contribution is 2.18. The Bertz CT molecular complexity index is 694. The maximum absolute atomic E-state index is 11.7. The average molecular weight is 392 g/mol. The van der Waals surface area contributed by atoms with Gasteiger partial charge in [-0.05, 0) is 30.4 Å². The molecule has 0 fully saturated rings. The number of amides is 1. The monoisotopic (exact) mass is 392 g/mol. The minimum atomic E-state index is -1.02. The number of ether oxygens (including phenoxy) is 2. The number of carbonyl (C=O) groups is 3. The zero-order valence-corrected chi connectivity index (χ0v) is 16.8. The molecule has 8 nitrogen and oxygen atoms in total. The Morgan fingerprint density at radius 1 is 1.04 bits per heavy atom. The van der Waals surface area contributed by atoms with E-state index in [0.717, 1.165) is 11.1 Å². The summed E-state index contributed by atoms with van der Waals surface area (Å²) in [5.74, 6) is -1.30. The molecule has 0 bridgehead atoms. The number of oxime groups is 1. The normalized spacial score (nSPS) is 11.6. The minimum absolute atomic E-state index is 0.107. The van der Waals surface area contributed by atoms with E-state index in [4.69, 9.17) is 14.7 Å². The van der Waals surface area contributed by atoms with Crippen LogP contribution in [0.3, 0.4) is 0 Å². The molecular formula is C20H28N2O6. The van der Waals surface area contributed by atoms with Gasteiger partial charge in [0.05, 0.1) is 5.71 Å². The van der Waals surface area contributed by atoms with Crippen molar-refractivity contribution < 1.29 is 29.1 Å². The Labute approximate surface area is 164 Å². The molecule has 0 aliphatic rings. The molecule has 0 radical (unpaired) electrons. The van der Waals surface area contributed by atoms with E-state index in [1.54, 1.807) is 0 Å². The quantitative estimate of drug-likeness (QED) is 0.273. The number of benzene rings is 1. The van der Waals surface area contributed by atoms with Crippen molar-refractivity contribution in [3.05, 3.63) is 35.4 Å². The van der Waals surface area contributed by atoms with Gasteiger partial charge in [0.1, 0.15) is 18.8 Å². The van der Waals surface area contributed by atoms with Crippen LogP contribution in [0, 0.1) is 0 Å². The van der Waals surface area contributed by atoms with Gasteiger partial charge in [-0.15, -0.1) is 0 Å². The lowest BCUT2D eigenvalue weighted by molar-refractivity contribution is -0.150. The lowest BCUT2D eigenvalue weighted by atomic mass is 9.91. The Hall–Kier alpha value is -2.90. The molecule has 0 saturated carbocycles. The summed E-state index contributed by atoms with van der Waals surface area (Å²) in [6.45, 7) is 5.59. The summed E-state index contributed by atoms with van der Waals surface area (Å²) < 4.78 is 10.2. The van der Waals surface area contributed by atoms with Crippen molar-refractivity contribution in [3.63, 3.8) is 0 Å². The van der Waals surface area contributed by atoms with Crippen LogP contribution >= 0.6 is 0 Å². The maximum Gasteiger partial charge on any atom is 0.302 e. The lowest BCUT2D eigenvalue weighted by Gasteiger charge is -2.33. The molecule has 0 aromatic heterocycles. The van der Waals surface area contributed by atoms with E-state index < -0.39 is 17.5 Å². The van der Waals surface area contributed by atoms with Crippen LogP contribution in [0.2, 0.25) is 0 Å². The third-order valence-electron chi connectivity index (χ3n) is 4.18. The van der Waals surface area contributed by atoms with Crippen molar-refractivity contribution in [1.82, 2.24) is 5.32 Å². The zero-order valence-electron chi connectivity index (χ0n) is 16.8. The molecular weight excluding hydrogens is 364 g/mol. The molecule has 2 N–H and O–H groups in total. The Kier molecular flexibility index (Phi) is 9.14. The van der Waals surface area contributed by atoms with Crippen molar-refractivity contribution in [2.24, 2.45) is 5.16 Å². The molecule has 154 valence electrons. The molecule has 0 aliphatic heterocycles. The van der Waals surface area contributed by atoms with Gasteiger partial charge in [-0.2, -0.15) is 0 Å². The highest BCUT2D eigenvalue weighted by molar-refractivity contribution is 5.99. The van der Waals surface area contributed by atoms with Gasteiger partial charge in [0, 0.05) is 20.8 Å². The summed E-state index contributed by atoms with van der Waals surface area (Å²) >= 11 is 0.